The van der Waals surface area contributed by atoms with Crippen LogP contribution in [0, 0.1) is 11.6 Å². The van der Waals surface area contributed by atoms with Crippen LogP contribution in [0.5, 0.6) is 5.75 Å². The quantitative estimate of drug-likeness (QED) is 0.345. The number of morpholine rings is 1. The molecule has 0 N–H and O–H groups in total. The van der Waals surface area contributed by atoms with Crippen LogP contribution in [0.3, 0.4) is 0 Å². The van der Waals surface area contributed by atoms with Crippen molar-refractivity contribution in [3.8, 4) is 5.75 Å². The van der Waals surface area contributed by atoms with Gasteiger partial charge in [0, 0.05) is 35.0 Å². The molecule has 1 unspecified atom stereocenters. The zero-order chi connectivity index (χ0) is 29.6. The van der Waals surface area contributed by atoms with E-state index in [2.05, 4.69) is 0 Å². The summed E-state index contributed by atoms with van der Waals surface area (Å²) < 4.78 is 66.7. The highest BCUT2D eigenvalue weighted by molar-refractivity contribution is 7.98. The lowest BCUT2D eigenvalue weighted by Gasteiger charge is -2.51. The van der Waals surface area contributed by atoms with E-state index in [4.69, 9.17) is 18.3 Å². The number of phosphoric acid groups is 1. The summed E-state index contributed by atoms with van der Waals surface area (Å²) in [6, 6.07) is 10.6. The van der Waals surface area contributed by atoms with Crippen LogP contribution in [0.4, 0.5) is 8.78 Å². The molecule has 1 amide bonds. The third kappa shape index (κ3) is 4.83. The molecule has 3 aliphatic heterocycles. The van der Waals surface area contributed by atoms with Crippen LogP contribution < -0.4 is 15.0 Å². The van der Waals surface area contributed by atoms with E-state index in [1.54, 1.807) is 24.9 Å². The van der Waals surface area contributed by atoms with Crippen molar-refractivity contribution in [1.29, 1.82) is 0 Å². The van der Waals surface area contributed by atoms with Crippen LogP contribution in [0.25, 0.3) is 0 Å². The number of ether oxygens (including phenoxy) is 1. The van der Waals surface area contributed by atoms with E-state index in [1.807, 2.05) is 24.3 Å². The Labute approximate surface area is 244 Å². The smallest absolute Gasteiger partial charge is 0.397 e. The first-order chi connectivity index (χ1) is 20.3. The summed E-state index contributed by atoms with van der Waals surface area (Å²) >= 11 is 1.38. The maximum atomic E-state index is 15.3. The number of hydrogen-bond donors (Lipinski definition) is 0. The van der Waals surface area contributed by atoms with Crippen LogP contribution >= 0.6 is 19.6 Å². The van der Waals surface area contributed by atoms with Crippen LogP contribution in [0.2, 0.25) is 0 Å². The molecule has 0 saturated carbocycles. The van der Waals surface area contributed by atoms with E-state index in [9.17, 15) is 18.5 Å². The molecule has 2 atom stereocenters. The number of benzene rings is 2. The molecule has 222 valence electrons. The van der Waals surface area contributed by atoms with Gasteiger partial charge in [-0.1, -0.05) is 24.3 Å². The number of thioether (sulfide) groups is 1. The van der Waals surface area contributed by atoms with Gasteiger partial charge in [0.15, 0.2) is 17.3 Å². The summed E-state index contributed by atoms with van der Waals surface area (Å²) in [7, 11) is -4.28. The SMILES string of the molecule is CCOP(=O)(OCC)Oc1c2n(ccc1=O)N([C@@H]1c3ccccc3SCc3c1ccc(F)c3F)C1COCCN1C2=O. The Morgan fingerprint density at radius 3 is 2.57 bits per heavy atom. The number of phosphoric ester groups is 1. The monoisotopic (exact) mass is 619 g/mol. The van der Waals surface area contributed by atoms with Crippen molar-refractivity contribution >= 4 is 25.5 Å². The Balaban J connectivity index is 1.62. The number of aromatic nitrogens is 1. The van der Waals surface area contributed by atoms with Crippen molar-refractivity contribution in [1.82, 2.24) is 9.58 Å². The van der Waals surface area contributed by atoms with Crippen LogP contribution in [0.15, 0.2) is 58.4 Å². The number of halogens is 2. The number of carbonyl (C=O) groups excluding carboxylic acids is 1. The van der Waals surface area contributed by atoms with Crippen molar-refractivity contribution < 1.29 is 36.4 Å². The number of rotatable bonds is 7. The largest absolute Gasteiger partial charge is 0.530 e. The molecule has 10 nitrogen and oxygen atoms in total. The highest BCUT2D eigenvalue weighted by Gasteiger charge is 2.47. The minimum absolute atomic E-state index is 0.0331. The van der Waals surface area contributed by atoms with E-state index in [0.29, 0.717) is 5.56 Å². The third-order valence-corrected chi connectivity index (χ3v) is 9.98. The van der Waals surface area contributed by atoms with E-state index in [1.165, 1.54) is 33.6 Å². The lowest BCUT2D eigenvalue weighted by molar-refractivity contribution is -0.0197. The molecule has 4 heterocycles. The molecule has 42 heavy (non-hydrogen) atoms. The highest BCUT2D eigenvalue weighted by atomic mass is 32.2. The standard InChI is InChI=1S/C28H28F2N3O7PS/c1-3-38-41(36,39-4-2)40-27-21(34)11-12-32-26(27)28(35)31-13-14-37-15-23(31)33(32)25-17-9-10-20(29)24(30)19(17)16-42-22-8-6-5-7-18(22)25/h5-12,23,25H,3-4,13-16H2,1-2H3/t23?,25-/m0/s1. The van der Waals surface area contributed by atoms with Crippen LogP contribution in [-0.2, 0) is 24.1 Å². The van der Waals surface area contributed by atoms with E-state index >= 15 is 4.39 Å². The molecule has 0 bridgehead atoms. The van der Waals surface area contributed by atoms with Gasteiger partial charge in [0.05, 0.1) is 32.5 Å². The summed E-state index contributed by atoms with van der Waals surface area (Å²) in [6.45, 7) is 3.65. The minimum Gasteiger partial charge on any atom is -0.397 e. The van der Waals surface area contributed by atoms with Gasteiger partial charge in [-0.2, -0.15) is 0 Å². The molecule has 3 aliphatic rings. The molecule has 1 aromatic heterocycles. The second-order valence-electron chi connectivity index (χ2n) is 9.67. The first-order valence-corrected chi connectivity index (χ1v) is 15.9. The van der Waals surface area contributed by atoms with E-state index in [-0.39, 0.29) is 50.0 Å². The predicted molar refractivity (Wildman–Crippen MR) is 150 cm³/mol. The summed E-state index contributed by atoms with van der Waals surface area (Å²) in [4.78, 5) is 29.6. The van der Waals surface area contributed by atoms with Crippen LogP contribution in [-0.4, -0.2) is 54.6 Å². The van der Waals surface area contributed by atoms with Crippen LogP contribution in [0.1, 0.15) is 47.1 Å². The average molecular weight is 620 g/mol. The van der Waals surface area contributed by atoms with Gasteiger partial charge in [-0.15, -0.1) is 11.8 Å². The van der Waals surface area contributed by atoms with Gasteiger partial charge in [0.1, 0.15) is 6.17 Å². The van der Waals surface area contributed by atoms with Crippen molar-refractivity contribution in [3.63, 3.8) is 0 Å². The van der Waals surface area contributed by atoms with Gasteiger partial charge in [-0.25, -0.2) is 13.3 Å². The number of carbonyl (C=O) groups is 1. The number of nitrogens with zero attached hydrogens (tertiary/aromatic N) is 3. The maximum Gasteiger partial charge on any atom is 0.530 e. The number of fused-ring (bicyclic) bond motifs is 4. The topological polar surface area (TPSA) is 99.5 Å². The van der Waals surface area contributed by atoms with Gasteiger partial charge in [-0.05, 0) is 37.1 Å². The first kappa shape index (κ1) is 28.9. The molecule has 6 rings (SSSR count). The molecular formula is C28H28F2N3O7PS. The van der Waals surface area contributed by atoms with Crippen molar-refractivity contribution in [2.45, 2.75) is 36.7 Å². The first-order valence-electron chi connectivity index (χ1n) is 13.5. The number of pyridine rings is 1. The molecular weight excluding hydrogens is 591 g/mol. The molecule has 14 heteroatoms. The Kier molecular flexibility index (Phi) is 7.88. The van der Waals surface area contributed by atoms with Gasteiger partial charge in [-0.3, -0.25) is 28.3 Å². The summed E-state index contributed by atoms with van der Waals surface area (Å²) in [5.41, 5.74) is 0.573. The molecule has 3 aromatic rings. The van der Waals surface area contributed by atoms with E-state index in [0.717, 1.165) is 16.5 Å². The summed E-state index contributed by atoms with van der Waals surface area (Å²) in [6.07, 6.45) is 0.725. The van der Waals surface area contributed by atoms with Gasteiger partial charge in [0.2, 0.25) is 11.2 Å². The third-order valence-electron chi connectivity index (χ3n) is 7.31. The molecule has 1 saturated heterocycles. The average Bonchev–Trinajstić information content (AvgIpc) is 3.14. The molecule has 2 aromatic carbocycles. The summed E-state index contributed by atoms with van der Waals surface area (Å²) in [5, 5.41) is 1.80. The Hall–Kier alpha value is -3.22. The van der Waals surface area contributed by atoms with Gasteiger partial charge in [0.25, 0.3) is 5.91 Å². The van der Waals surface area contributed by atoms with Crippen molar-refractivity contribution in [2.75, 3.05) is 38.0 Å². The Morgan fingerprint density at radius 2 is 1.81 bits per heavy atom. The Bertz CT molecular complexity index is 1640. The fraction of sp³-hybridized carbons (Fsp3) is 0.357. The normalized spacial score (nSPS) is 19.9. The second-order valence-corrected chi connectivity index (χ2v) is 12.3. The van der Waals surface area contributed by atoms with Crippen molar-refractivity contribution in [3.05, 3.63) is 92.9 Å². The maximum absolute atomic E-state index is 15.3. The summed E-state index contributed by atoms with van der Waals surface area (Å²) in [5.74, 6) is -2.77. The second kappa shape index (κ2) is 11.5. The molecule has 1 fully saturated rings. The van der Waals surface area contributed by atoms with E-state index < -0.39 is 48.8 Å². The lowest BCUT2D eigenvalue weighted by atomic mass is 9.93. The predicted octanol–water partition coefficient (Wildman–Crippen LogP) is 4.83. The number of amides is 1. The Morgan fingerprint density at radius 1 is 1.05 bits per heavy atom. The fourth-order valence-corrected chi connectivity index (χ4v) is 7.90. The zero-order valence-corrected chi connectivity index (χ0v) is 24.5. The molecule has 0 radical (unpaired) electrons. The van der Waals surface area contributed by atoms with Gasteiger partial charge < -0.3 is 14.2 Å². The van der Waals surface area contributed by atoms with Crippen molar-refractivity contribution in [2.24, 2.45) is 0 Å². The molecule has 0 spiro atoms. The minimum atomic E-state index is -4.28. The highest BCUT2D eigenvalue weighted by Crippen LogP contribution is 2.50. The zero-order valence-electron chi connectivity index (χ0n) is 22.8. The molecule has 0 aliphatic carbocycles. The van der Waals surface area contributed by atoms with Gasteiger partial charge >= 0.3 is 7.82 Å². The lowest BCUT2D eigenvalue weighted by Crippen LogP contribution is -2.66. The number of hydrogen-bond acceptors (Lipinski definition) is 9. The fourth-order valence-electron chi connectivity index (χ4n) is 5.58.